The van der Waals surface area contributed by atoms with E-state index in [0.717, 1.165) is 66.3 Å². The fourth-order valence-corrected chi connectivity index (χ4v) is 7.25. The second kappa shape index (κ2) is 10.1. The van der Waals surface area contributed by atoms with Crippen LogP contribution in [0.5, 0.6) is 0 Å². The number of hydrogen-bond acceptors (Lipinski definition) is 3. The van der Waals surface area contributed by atoms with E-state index in [-0.39, 0.29) is 5.69 Å². The lowest BCUT2D eigenvalue weighted by Crippen LogP contribution is -2.23. The number of aromatic nitrogens is 6. The van der Waals surface area contributed by atoms with E-state index in [1.54, 1.807) is 9.13 Å². The largest absolute Gasteiger partial charge is 0.340 e. The molecule has 0 bridgehead atoms. The molecule has 0 fully saturated rings. The van der Waals surface area contributed by atoms with Crippen LogP contribution in [-0.4, -0.2) is 28.2 Å². The third-order valence-corrected chi connectivity index (χ3v) is 9.26. The van der Waals surface area contributed by atoms with Gasteiger partial charge in [-0.15, -0.1) is 0 Å². The van der Waals surface area contributed by atoms with E-state index in [9.17, 15) is 4.79 Å². The summed E-state index contributed by atoms with van der Waals surface area (Å²) in [5.41, 5.74) is 5.49. The van der Waals surface area contributed by atoms with Crippen LogP contribution in [0.25, 0.3) is 77.9 Å². The molecule has 0 amide bonds. The molecule has 10 aromatic rings. The van der Waals surface area contributed by atoms with Gasteiger partial charge in [-0.1, -0.05) is 97.1 Å². The normalized spacial score (nSPS) is 11.8. The van der Waals surface area contributed by atoms with Gasteiger partial charge in [-0.25, -0.2) is 23.9 Å². The molecule has 0 aliphatic heterocycles. The average Bonchev–Trinajstić information content (AvgIpc) is 3.77. The number of hydrogen-bond donors (Lipinski definition) is 0. The van der Waals surface area contributed by atoms with Crippen molar-refractivity contribution in [3.8, 4) is 23.3 Å². The number of para-hydroxylation sites is 6. The zero-order valence-corrected chi connectivity index (χ0v) is 25.6. The summed E-state index contributed by atoms with van der Waals surface area (Å²) >= 11 is 0. The van der Waals surface area contributed by atoms with E-state index in [1.165, 1.54) is 0 Å². The van der Waals surface area contributed by atoms with Crippen LogP contribution in [0.4, 0.5) is 0 Å². The van der Waals surface area contributed by atoms with Crippen molar-refractivity contribution < 1.29 is 0 Å². The lowest BCUT2D eigenvalue weighted by Gasteiger charge is -2.10. The quantitative estimate of drug-likeness (QED) is 0.198. The highest BCUT2D eigenvalue weighted by Crippen LogP contribution is 2.33. The molecule has 5 aromatic heterocycles. The van der Waals surface area contributed by atoms with Gasteiger partial charge in [-0.2, -0.15) is 0 Å². The lowest BCUT2D eigenvalue weighted by atomic mass is 10.2. The summed E-state index contributed by atoms with van der Waals surface area (Å²) in [5.74, 6) is 2.54. The van der Waals surface area contributed by atoms with Crippen LogP contribution in [0.3, 0.4) is 0 Å². The molecule has 0 unspecified atom stereocenters. The Bertz CT molecular complexity index is 2640. The number of fused-ring (bicyclic) bond motifs is 7. The molecule has 0 saturated carbocycles. The molecule has 7 nitrogen and oxygen atoms in total. The van der Waals surface area contributed by atoms with Crippen LogP contribution in [0.1, 0.15) is 0 Å². The third-order valence-electron chi connectivity index (χ3n) is 9.26. The Balaban J connectivity index is 1.18. The molecule has 5 heterocycles. The third kappa shape index (κ3) is 3.72. The molecule has 226 valence electrons. The van der Waals surface area contributed by atoms with Crippen LogP contribution in [0.15, 0.2) is 163 Å². The lowest BCUT2D eigenvalue weighted by molar-refractivity contribution is 0.874. The first-order valence-corrected chi connectivity index (χ1v) is 15.9. The molecule has 0 spiro atoms. The van der Waals surface area contributed by atoms with Crippen LogP contribution in [0, 0.1) is 0 Å². The van der Waals surface area contributed by atoms with Crippen LogP contribution in [-0.2, 0) is 0 Å². The van der Waals surface area contributed by atoms with Gasteiger partial charge in [0.25, 0.3) is 0 Å². The molecule has 0 aliphatic rings. The van der Waals surface area contributed by atoms with Crippen LogP contribution >= 0.6 is 0 Å². The molecular weight excluding hydrogens is 592 g/mol. The minimum Gasteiger partial charge on any atom is -0.294 e. The number of imidazole rings is 1. The van der Waals surface area contributed by atoms with Gasteiger partial charge < -0.3 is 0 Å². The minimum absolute atomic E-state index is 0.241. The molecule has 7 heteroatoms. The maximum Gasteiger partial charge on any atom is 0.340 e. The summed E-state index contributed by atoms with van der Waals surface area (Å²) in [6.45, 7) is 0. The van der Waals surface area contributed by atoms with Crippen molar-refractivity contribution >= 4 is 54.6 Å². The molecule has 0 aliphatic carbocycles. The fourth-order valence-electron chi connectivity index (χ4n) is 7.25. The Morgan fingerprint density at radius 2 is 0.562 bits per heavy atom. The second-order valence-corrected chi connectivity index (χ2v) is 11.9. The van der Waals surface area contributed by atoms with Gasteiger partial charge in [0, 0.05) is 21.5 Å². The summed E-state index contributed by atoms with van der Waals surface area (Å²) in [6.07, 6.45) is 0. The monoisotopic (exact) mass is 618 g/mol. The zero-order valence-electron chi connectivity index (χ0n) is 25.6. The fraction of sp³-hybridized carbons (Fsp3) is 0. The SMILES string of the molecule is O=c1n(-c2cccc(-n3c4ccccc4c4ccccc43)n2)c2ccccc2n1-c1cccc(-n2c3ccccc3c3ccccc32)n1. The summed E-state index contributed by atoms with van der Waals surface area (Å²) in [4.78, 5) is 24.8. The highest BCUT2D eigenvalue weighted by molar-refractivity contribution is 6.10. The molecular formula is C41H26N6O. The van der Waals surface area contributed by atoms with E-state index < -0.39 is 0 Å². The molecule has 5 aromatic carbocycles. The summed E-state index contributed by atoms with van der Waals surface area (Å²) < 4.78 is 7.69. The topological polar surface area (TPSA) is 62.6 Å². The second-order valence-electron chi connectivity index (χ2n) is 11.9. The smallest absolute Gasteiger partial charge is 0.294 e. The van der Waals surface area contributed by atoms with Crippen molar-refractivity contribution in [1.29, 1.82) is 0 Å². The van der Waals surface area contributed by atoms with Crippen LogP contribution in [0.2, 0.25) is 0 Å². The highest BCUT2D eigenvalue weighted by Gasteiger charge is 2.20. The maximum atomic E-state index is 14.6. The van der Waals surface area contributed by atoms with E-state index >= 15 is 0 Å². The van der Waals surface area contributed by atoms with Gasteiger partial charge in [0.1, 0.15) is 23.3 Å². The van der Waals surface area contributed by atoms with Crippen molar-refractivity contribution in [1.82, 2.24) is 28.2 Å². The number of pyridine rings is 2. The van der Waals surface area contributed by atoms with Crippen molar-refractivity contribution in [2.24, 2.45) is 0 Å². The van der Waals surface area contributed by atoms with Gasteiger partial charge in [0.15, 0.2) is 0 Å². The Morgan fingerprint density at radius 3 is 0.896 bits per heavy atom. The van der Waals surface area contributed by atoms with E-state index in [0.29, 0.717) is 11.6 Å². The predicted octanol–water partition coefficient (Wildman–Crippen LogP) is 8.77. The molecule has 10 rings (SSSR count). The number of rotatable bonds is 4. The highest BCUT2D eigenvalue weighted by atomic mass is 16.1. The first kappa shape index (κ1) is 26.5. The van der Waals surface area contributed by atoms with Gasteiger partial charge >= 0.3 is 5.69 Å². The Kier molecular flexibility index (Phi) is 5.59. The van der Waals surface area contributed by atoms with Crippen molar-refractivity contribution in [2.45, 2.75) is 0 Å². The Morgan fingerprint density at radius 1 is 0.292 bits per heavy atom. The first-order valence-electron chi connectivity index (χ1n) is 15.9. The predicted molar refractivity (Wildman–Crippen MR) is 193 cm³/mol. The molecule has 0 saturated heterocycles. The molecule has 48 heavy (non-hydrogen) atoms. The van der Waals surface area contributed by atoms with Crippen LogP contribution < -0.4 is 5.69 Å². The Hall–Kier alpha value is -6.73. The summed E-state index contributed by atoms with van der Waals surface area (Å²) in [7, 11) is 0. The summed E-state index contributed by atoms with van der Waals surface area (Å²) in [5, 5.41) is 4.62. The Labute approximate surface area is 273 Å². The summed E-state index contributed by atoms with van der Waals surface area (Å²) in [6, 6.07) is 52.8. The average molecular weight is 619 g/mol. The van der Waals surface area contributed by atoms with Gasteiger partial charge in [0.05, 0.1) is 33.1 Å². The maximum absolute atomic E-state index is 14.6. The van der Waals surface area contributed by atoms with Gasteiger partial charge in [0.2, 0.25) is 0 Å². The number of benzene rings is 5. The van der Waals surface area contributed by atoms with Gasteiger partial charge in [-0.3, -0.25) is 9.13 Å². The van der Waals surface area contributed by atoms with Crippen molar-refractivity contribution in [3.05, 3.63) is 168 Å². The van der Waals surface area contributed by atoms with E-state index in [4.69, 9.17) is 9.97 Å². The first-order chi connectivity index (χ1) is 23.8. The molecule has 0 N–H and O–H groups in total. The minimum atomic E-state index is -0.241. The standard InChI is InChI=1S/C41H26N6O/c48-41-46(39-25-11-23-37(42-39)44-31-17-5-1-13-27(31)28-14-2-6-18-32(28)44)35-21-9-10-22-36(35)47(41)40-26-12-24-38(43-40)45-33-19-7-3-15-29(33)30-16-4-8-20-34(30)45/h1-26H. The number of nitrogens with zero attached hydrogens (tertiary/aromatic N) is 6. The molecule has 0 atom stereocenters. The van der Waals surface area contributed by atoms with E-state index in [1.807, 2.05) is 84.9 Å². The zero-order chi connectivity index (χ0) is 31.8. The van der Waals surface area contributed by atoms with Gasteiger partial charge in [-0.05, 0) is 60.7 Å². The van der Waals surface area contributed by atoms with E-state index in [2.05, 4.69) is 81.9 Å². The van der Waals surface area contributed by atoms with Crippen molar-refractivity contribution in [2.75, 3.05) is 0 Å². The molecule has 0 radical (unpaired) electrons. The van der Waals surface area contributed by atoms with Crippen molar-refractivity contribution in [3.63, 3.8) is 0 Å².